The number of carbonyl (C=O) groups is 2. The van der Waals surface area contributed by atoms with E-state index >= 15 is 0 Å². The largest absolute Gasteiger partial charge is 0.489 e. The molecule has 0 radical (unpaired) electrons. The number of ether oxygens (including phenoxy) is 1. The van der Waals surface area contributed by atoms with E-state index in [0.29, 0.717) is 17.7 Å². The highest BCUT2D eigenvalue weighted by molar-refractivity contribution is 5.95. The number of nitrogens with one attached hydrogen (secondary N) is 1. The summed E-state index contributed by atoms with van der Waals surface area (Å²) in [6, 6.07) is 29.9. The average Bonchev–Trinajstić information content (AvgIpc) is 2.89. The predicted molar refractivity (Wildman–Crippen MR) is 130 cm³/mol. The average molecular weight is 451 g/mol. The number of rotatable bonds is 9. The lowest BCUT2D eigenvalue weighted by Gasteiger charge is -2.06. The molecular formula is C28H24N3O3+. The molecule has 4 rings (SSSR count). The number of hydrogen-bond donors (Lipinski definition) is 1. The van der Waals surface area contributed by atoms with Gasteiger partial charge in [-0.05, 0) is 41.5 Å². The fourth-order valence-electron chi connectivity index (χ4n) is 3.26. The monoisotopic (exact) mass is 450 g/mol. The van der Waals surface area contributed by atoms with Gasteiger partial charge >= 0.3 is 0 Å². The first-order valence-corrected chi connectivity index (χ1v) is 10.8. The van der Waals surface area contributed by atoms with Crippen LogP contribution in [0.2, 0.25) is 0 Å². The second-order valence-electron chi connectivity index (χ2n) is 7.60. The number of hydrazone groups is 1. The molecule has 1 amide bonds. The quantitative estimate of drug-likeness (QED) is 0.180. The molecule has 0 spiro atoms. The van der Waals surface area contributed by atoms with Crippen molar-refractivity contribution in [1.82, 2.24) is 5.43 Å². The molecule has 3 aromatic carbocycles. The second kappa shape index (κ2) is 11.3. The number of Topliss-reactive ketones (excluding diaryl/α,β-unsaturated/α-hetero) is 1. The molecule has 0 fully saturated rings. The van der Waals surface area contributed by atoms with Gasteiger partial charge < -0.3 is 4.74 Å². The fourth-order valence-corrected chi connectivity index (χ4v) is 3.26. The first-order valence-electron chi connectivity index (χ1n) is 10.8. The number of carbonyl (C=O) groups excluding carboxylic acids is 2. The number of aromatic nitrogens is 1. The lowest BCUT2D eigenvalue weighted by Crippen LogP contribution is -2.38. The molecule has 1 N–H and O–H groups in total. The van der Waals surface area contributed by atoms with Gasteiger partial charge in [0.25, 0.3) is 5.91 Å². The Hall–Kier alpha value is -4.58. The van der Waals surface area contributed by atoms with Crippen molar-refractivity contribution < 1.29 is 18.9 Å². The summed E-state index contributed by atoms with van der Waals surface area (Å²) in [6.07, 6.45) is 4.95. The molecule has 1 aromatic heterocycles. The van der Waals surface area contributed by atoms with E-state index in [1.165, 1.54) is 0 Å². The van der Waals surface area contributed by atoms with Gasteiger partial charge in [0.05, 0.1) is 6.21 Å². The highest BCUT2D eigenvalue weighted by Crippen LogP contribution is 2.13. The van der Waals surface area contributed by atoms with Crippen LogP contribution in [-0.2, 0) is 13.2 Å². The molecular weight excluding hydrogens is 426 g/mol. The molecule has 0 aliphatic heterocycles. The van der Waals surface area contributed by atoms with Gasteiger partial charge in [-0.1, -0.05) is 60.7 Å². The first kappa shape index (κ1) is 22.6. The Bertz CT molecular complexity index is 1270. The van der Waals surface area contributed by atoms with Crippen LogP contribution >= 0.6 is 0 Å². The van der Waals surface area contributed by atoms with Gasteiger partial charge in [-0.3, -0.25) is 9.59 Å². The lowest BCUT2D eigenvalue weighted by atomic mass is 10.1. The minimum absolute atomic E-state index is 0.0302. The van der Waals surface area contributed by atoms with Gasteiger partial charge in [0, 0.05) is 11.6 Å². The molecule has 34 heavy (non-hydrogen) atoms. The molecule has 0 bridgehead atoms. The van der Waals surface area contributed by atoms with Crippen LogP contribution in [0.5, 0.6) is 5.75 Å². The Kier molecular flexibility index (Phi) is 7.54. The molecule has 0 saturated heterocycles. The Morgan fingerprint density at radius 3 is 2.24 bits per heavy atom. The summed E-state index contributed by atoms with van der Waals surface area (Å²) in [7, 11) is 0. The van der Waals surface area contributed by atoms with Gasteiger partial charge in [0.1, 0.15) is 17.9 Å². The zero-order valence-corrected chi connectivity index (χ0v) is 18.5. The van der Waals surface area contributed by atoms with Crippen LogP contribution in [0, 0.1) is 0 Å². The maximum atomic E-state index is 12.5. The summed E-state index contributed by atoms with van der Waals surface area (Å²) in [6.45, 7) is 0.644. The van der Waals surface area contributed by atoms with Crippen LogP contribution < -0.4 is 14.7 Å². The van der Waals surface area contributed by atoms with Gasteiger partial charge in [-0.25, -0.2) is 5.43 Å². The summed E-state index contributed by atoms with van der Waals surface area (Å²) in [5.41, 5.74) is 5.48. The summed E-state index contributed by atoms with van der Waals surface area (Å²) in [5, 5.41) is 4.04. The first-order chi connectivity index (χ1) is 16.7. The van der Waals surface area contributed by atoms with E-state index in [-0.39, 0.29) is 18.2 Å². The summed E-state index contributed by atoms with van der Waals surface area (Å²) >= 11 is 0. The number of amides is 1. The molecule has 0 aliphatic carbocycles. The number of ketones is 1. The molecule has 6 nitrogen and oxygen atoms in total. The van der Waals surface area contributed by atoms with Crippen LogP contribution in [-0.4, -0.2) is 17.9 Å². The minimum Gasteiger partial charge on any atom is -0.489 e. The molecule has 168 valence electrons. The second-order valence-corrected chi connectivity index (χ2v) is 7.60. The highest BCUT2D eigenvalue weighted by Gasteiger charge is 2.14. The molecule has 0 atom stereocenters. The van der Waals surface area contributed by atoms with Crippen LogP contribution in [0.15, 0.2) is 115 Å². The minimum atomic E-state index is -0.361. The SMILES string of the molecule is O=C(C[n+]1cccc(C(=O)N/N=C\c2ccc(OCc3ccccc3)cc2)c1)c1ccccc1. The van der Waals surface area contributed by atoms with Gasteiger partial charge in [-0.2, -0.15) is 9.67 Å². The van der Waals surface area contributed by atoms with Crippen molar-refractivity contribution in [3.05, 3.63) is 132 Å². The zero-order valence-electron chi connectivity index (χ0n) is 18.5. The van der Waals surface area contributed by atoms with Gasteiger partial charge in [0.15, 0.2) is 12.4 Å². The molecule has 0 aliphatic rings. The van der Waals surface area contributed by atoms with Crippen molar-refractivity contribution in [3.63, 3.8) is 0 Å². The van der Waals surface area contributed by atoms with E-state index in [4.69, 9.17) is 4.74 Å². The highest BCUT2D eigenvalue weighted by atomic mass is 16.5. The van der Waals surface area contributed by atoms with Crippen molar-refractivity contribution in [1.29, 1.82) is 0 Å². The summed E-state index contributed by atoms with van der Waals surface area (Å²) in [5.74, 6) is 0.363. The smallest absolute Gasteiger partial charge is 0.277 e. The third kappa shape index (κ3) is 6.46. The van der Waals surface area contributed by atoms with Crippen molar-refractivity contribution in [2.75, 3.05) is 0 Å². The molecule has 0 unspecified atom stereocenters. The third-order valence-electron chi connectivity index (χ3n) is 5.05. The van der Waals surface area contributed by atoms with E-state index in [1.54, 1.807) is 47.4 Å². The number of nitrogens with zero attached hydrogens (tertiary/aromatic N) is 2. The molecule has 6 heteroatoms. The number of benzene rings is 3. The zero-order chi connectivity index (χ0) is 23.6. The third-order valence-corrected chi connectivity index (χ3v) is 5.05. The summed E-state index contributed by atoms with van der Waals surface area (Å²) < 4.78 is 7.46. The van der Waals surface area contributed by atoms with Crippen LogP contribution in [0.4, 0.5) is 0 Å². The van der Waals surface area contributed by atoms with Crippen molar-refractivity contribution in [2.24, 2.45) is 5.10 Å². The standard InChI is InChI=1S/C28H23N3O3/c32-27(24-10-5-2-6-11-24)20-31-17-7-12-25(19-31)28(33)30-29-18-22-13-15-26(16-14-22)34-21-23-8-3-1-4-9-23/h1-19H,20-21H2/p+1/b29-18-. The van der Waals surface area contributed by atoms with Crippen LogP contribution in [0.3, 0.4) is 0 Å². The molecule has 0 saturated carbocycles. The Morgan fingerprint density at radius 1 is 0.824 bits per heavy atom. The fraction of sp³-hybridized carbons (Fsp3) is 0.0714. The van der Waals surface area contributed by atoms with Gasteiger partial charge in [0.2, 0.25) is 12.3 Å². The molecule has 4 aromatic rings. The van der Waals surface area contributed by atoms with E-state index in [0.717, 1.165) is 16.9 Å². The maximum Gasteiger partial charge on any atom is 0.277 e. The topological polar surface area (TPSA) is 71.6 Å². The number of hydrogen-bond acceptors (Lipinski definition) is 4. The van der Waals surface area contributed by atoms with Gasteiger partial charge in [-0.15, -0.1) is 0 Å². The van der Waals surface area contributed by atoms with E-state index in [1.807, 2.05) is 72.8 Å². The number of pyridine rings is 1. The van der Waals surface area contributed by atoms with E-state index in [2.05, 4.69) is 10.5 Å². The Balaban J connectivity index is 1.29. The normalized spacial score (nSPS) is 10.7. The predicted octanol–water partition coefficient (Wildman–Crippen LogP) is 4.20. The Labute approximate surface area is 198 Å². The lowest BCUT2D eigenvalue weighted by molar-refractivity contribution is -0.683. The van der Waals surface area contributed by atoms with Crippen LogP contribution in [0.25, 0.3) is 0 Å². The Morgan fingerprint density at radius 2 is 1.50 bits per heavy atom. The van der Waals surface area contributed by atoms with Crippen LogP contribution in [0.1, 0.15) is 31.8 Å². The molecule has 1 heterocycles. The van der Waals surface area contributed by atoms with E-state index in [9.17, 15) is 9.59 Å². The van der Waals surface area contributed by atoms with Crippen molar-refractivity contribution in [3.8, 4) is 5.75 Å². The van der Waals surface area contributed by atoms with Crippen molar-refractivity contribution >= 4 is 17.9 Å². The van der Waals surface area contributed by atoms with E-state index < -0.39 is 0 Å². The summed E-state index contributed by atoms with van der Waals surface area (Å²) in [4.78, 5) is 24.9. The maximum absolute atomic E-state index is 12.5. The van der Waals surface area contributed by atoms with Crippen molar-refractivity contribution in [2.45, 2.75) is 13.2 Å².